The first kappa shape index (κ1) is 25.2. The van der Waals surface area contributed by atoms with Gasteiger partial charge < -0.3 is 28.8 Å². The summed E-state index contributed by atoms with van der Waals surface area (Å²) in [7, 11) is 0. The van der Waals surface area contributed by atoms with E-state index in [9.17, 15) is 19.5 Å². The second kappa shape index (κ2) is 9.11. The van der Waals surface area contributed by atoms with Crippen molar-refractivity contribution in [2.45, 2.75) is 76.5 Å². The number of carbonyl (C=O) groups excluding carboxylic acids is 3. The van der Waals surface area contributed by atoms with Crippen molar-refractivity contribution in [3.63, 3.8) is 0 Å². The lowest BCUT2D eigenvalue weighted by atomic mass is 9.51. The molecule has 3 aliphatic heterocycles. The first-order chi connectivity index (χ1) is 17.1. The van der Waals surface area contributed by atoms with Crippen molar-refractivity contribution in [2.75, 3.05) is 19.8 Å². The molecule has 3 fully saturated rings. The third kappa shape index (κ3) is 3.83. The van der Waals surface area contributed by atoms with E-state index in [1.54, 1.807) is 6.92 Å². The standard InChI is InChI=1S/C27H34O9/c1-16-8-10-26-14-33-24(31)23(30)17(2)9-11-32-21(28)6-4-5-7-22(29)36-18-13-20(35-19(26)12-16)27(15-34-27)25(18,26)3/h4-7,12,17-20,23,30H,8-11,13-15H2,1-3H3/b6-4+,7-5+/t17-,18-,19-,20-,23+,25?,26-,27+/m1/s1. The molecule has 5 aliphatic rings. The molecule has 36 heavy (non-hydrogen) atoms. The van der Waals surface area contributed by atoms with Crippen molar-refractivity contribution in [2.24, 2.45) is 16.7 Å². The Morgan fingerprint density at radius 3 is 2.47 bits per heavy atom. The zero-order valence-corrected chi connectivity index (χ0v) is 20.9. The largest absolute Gasteiger partial charge is 0.463 e. The van der Waals surface area contributed by atoms with Gasteiger partial charge in [0.2, 0.25) is 0 Å². The normalized spacial score (nSPS) is 46.8. The maximum absolute atomic E-state index is 12.9. The van der Waals surface area contributed by atoms with E-state index >= 15 is 0 Å². The monoisotopic (exact) mass is 502 g/mol. The van der Waals surface area contributed by atoms with Crippen LogP contribution in [0.15, 0.2) is 36.0 Å². The van der Waals surface area contributed by atoms with Gasteiger partial charge in [-0.25, -0.2) is 14.4 Å². The molecule has 1 saturated carbocycles. The fraction of sp³-hybridized carbons (Fsp3) is 0.667. The van der Waals surface area contributed by atoms with E-state index in [-0.39, 0.29) is 31.8 Å². The lowest BCUT2D eigenvalue weighted by Crippen LogP contribution is -2.66. The van der Waals surface area contributed by atoms with Crippen molar-refractivity contribution in [1.29, 1.82) is 0 Å². The van der Waals surface area contributed by atoms with Gasteiger partial charge in [0.25, 0.3) is 0 Å². The third-order valence-electron chi connectivity index (χ3n) is 9.12. The second-order valence-corrected chi connectivity index (χ2v) is 11.0. The summed E-state index contributed by atoms with van der Waals surface area (Å²) in [6, 6.07) is 0. The molecule has 2 bridgehead atoms. The molecule has 0 aromatic heterocycles. The number of allylic oxidation sites excluding steroid dienone is 3. The Labute approximate surface area is 210 Å². The molecule has 1 N–H and O–H groups in total. The molecule has 1 unspecified atom stereocenters. The number of epoxide rings is 1. The summed E-state index contributed by atoms with van der Waals surface area (Å²) in [5.74, 6) is -2.34. The molecule has 3 heterocycles. The van der Waals surface area contributed by atoms with Crippen LogP contribution >= 0.6 is 0 Å². The number of aliphatic hydroxyl groups excluding tert-OH is 1. The molecule has 9 heteroatoms. The summed E-state index contributed by atoms with van der Waals surface area (Å²) < 4.78 is 29.6. The number of carbonyl (C=O) groups is 3. The Hall–Kier alpha value is -2.49. The summed E-state index contributed by atoms with van der Waals surface area (Å²) in [4.78, 5) is 37.6. The van der Waals surface area contributed by atoms with Crippen LogP contribution in [0.4, 0.5) is 0 Å². The summed E-state index contributed by atoms with van der Waals surface area (Å²) in [6.07, 6.45) is 7.11. The van der Waals surface area contributed by atoms with Gasteiger partial charge in [0.1, 0.15) is 18.3 Å². The molecule has 0 aromatic rings. The van der Waals surface area contributed by atoms with E-state index in [4.69, 9.17) is 23.7 Å². The quantitative estimate of drug-likeness (QED) is 0.230. The van der Waals surface area contributed by atoms with E-state index < -0.39 is 52.5 Å². The molecule has 0 radical (unpaired) electrons. The lowest BCUT2D eigenvalue weighted by molar-refractivity contribution is -0.234. The highest BCUT2D eigenvalue weighted by Gasteiger charge is 2.83. The van der Waals surface area contributed by atoms with Gasteiger partial charge in [-0.05, 0) is 32.1 Å². The number of ether oxygens (including phenoxy) is 5. The number of aliphatic hydroxyl groups is 1. The molecule has 9 nitrogen and oxygen atoms in total. The van der Waals surface area contributed by atoms with Crippen molar-refractivity contribution in [3.8, 4) is 0 Å². The van der Waals surface area contributed by atoms with Crippen LogP contribution < -0.4 is 0 Å². The molecule has 0 amide bonds. The van der Waals surface area contributed by atoms with Crippen LogP contribution in [0.3, 0.4) is 0 Å². The van der Waals surface area contributed by atoms with E-state index in [0.29, 0.717) is 19.4 Å². The average Bonchev–Trinajstić information content (AvgIpc) is 3.62. The molecule has 8 atom stereocenters. The van der Waals surface area contributed by atoms with E-state index in [1.165, 1.54) is 29.9 Å². The maximum atomic E-state index is 12.9. The lowest BCUT2D eigenvalue weighted by Gasteiger charge is -2.58. The van der Waals surface area contributed by atoms with Gasteiger partial charge in [0.15, 0.2) is 6.10 Å². The van der Waals surface area contributed by atoms with Gasteiger partial charge in [0, 0.05) is 24.0 Å². The zero-order chi connectivity index (χ0) is 25.7. The molecule has 196 valence electrons. The topological polar surface area (TPSA) is 121 Å². The van der Waals surface area contributed by atoms with E-state index in [2.05, 4.69) is 19.9 Å². The highest BCUT2D eigenvalue weighted by Crippen LogP contribution is 2.72. The Bertz CT molecular complexity index is 1020. The molecule has 2 spiro atoms. The molecule has 2 saturated heterocycles. The number of hydrogen-bond acceptors (Lipinski definition) is 9. The third-order valence-corrected chi connectivity index (χ3v) is 9.12. The molecule has 2 aliphatic carbocycles. The van der Waals surface area contributed by atoms with Gasteiger partial charge in [-0.3, -0.25) is 0 Å². The second-order valence-electron chi connectivity index (χ2n) is 11.0. The number of rotatable bonds is 0. The van der Waals surface area contributed by atoms with E-state index in [1.807, 2.05) is 0 Å². The minimum atomic E-state index is -1.37. The molecule has 5 rings (SSSR count). The average molecular weight is 503 g/mol. The number of cyclic esters (lactones) is 2. The highest BCUT2D eigenvalue weighted by atomic mass is 16.6. The van der Waals surface area contributed by atoms with Crippen LogP contribution in [0, 0.1) is 16.7 Å². The van der Waals surface area contributed by atoms with Gasteiger partial charge in [-0.2, -0.15) is 0 Å². The Morgan fingerprint density at radius 1 is 1.03 bits per heavy atom. The number of esters is 3. The molecule has 0 aromatic carbocycles. The predicted octanol–water partition coefficient (Wildman–Crippen LogP) is 2.17. The van der Waals surface area contributed by atoms with Crippen LogP contribution in [0.5, 0.6) is 0 Å². The minimum Gasteiger partial charge on any atom is -0.463 e. The Balaban J connectivity index is 1.52. The maximum Gasteiger partial charge on any atom is 0.335 e. The van der Waals surface area contributed by atoms with Gasteiger partial charge >= 0.3 is 17.9 Å². The van der Waals surface area contributed by atoms with Crippen LogP contribution in [0.1, 0.15) is 46.5 Å². The van der Waals surface area contributed by atoms with Crippen LogP contribution in [-0.2, 0) is 38.1 Å². The van der Waals surface area contributed by atoms with Crippen molar-refractivity contribution in [3.05, 3.63) is 36.0 Å². The SMILES string of the molecule is CC1=C[C@H]2O[C@@H]3C[C@H]4OC(=O)/C=C/C=C/C(=O)OCC[C@@H](C)[C@H](O)C(=O)OC[C@@]2(CC1)C4(C)[C@]31CO1. The highest BCUT2D eigenvalue weighted by molar-refractivity contribution is 5.84. The summed E-state index contributed by atoms with van der Waals surface area (Å²) in [5, 5.41) is 10.6. The Morgan fingerprint density at radius 2 is 1.75 bits per heavy atom. The summed E-state index contributed by atoms with van der Waals surface area (Å²) in [5.41, 5.74) is -0.820. The first-order valence-corrected chi connectivity index (χ1v) is 12.7. The van der Waals surface area contributed by atoms with Crippen molar-refractivity contribution >= 4 is 17.9 Å². The predicted molar refractivity (Wildman–Crippen MR) is 125 cm³/mol. The summed E-state index contributed by atoms with van der Waals surface area (Å²) >= 11 is 0. The number of hydrogen-bond donors (Lipinski definition) is 1. The summed E-state index contributed by atoms with van der Waals surface area (Å²) in [6.45, 7) is 6.34. The van der Waals surface area contributed by atoms with Gasteiger partial charge in [0.05, 0.1) is 30.8 Å². The molecular formula is C27H34O9. The van der Waals surface area contributed by atoms with Crippen LogP contribution in [-0.4, -0.2) is 72.9 Å². The fourth-order valence-corrected chi connectivity index (χ4v) is 6.65. The minimum absolute atomic E-state index is 0.00000344. The van der Waals surface area contributed by atoms with Crippen LogP contribution in [0.25, 0.3) is 0 Å². The Kier molecular flexibility index (Phi) is 6.37. The van der Waals surface area contributed by atoms with Gasteiger partial charge in [-0.15, -0.1) is 0 Å². The smallest absolute Gasteiger partial charge is 0.335 e. The van der Waals surface area contributed by atoms with Crippen LogP contribution in [0.2, 0.25) is 0 Å². The zero-order valence-electron chi connectivity index (χ0n) is 20.9. The van der Waals surface area contributed by atoms with E-state index in [0.717, 1.165) is 6.42 Å². The first-order valence-electron chi connectivity index (χ1n) is 12.7. The fourth-order valence-electron chi connectivity index (χ4n) is 6.65. The van der Waals surface area contributed by atoms with Crippen molar-refractivity contribution < 1.29 is 43.2 Å². The van der Waals surface area contributed by atoms with Crippen molar-refractivity contribution in [1.82, 2.24) is 0 Å². The van der Waals surface area contributed by atoms with Gasteiger partial charge in [-0.1, -0.05) is 37.6 Å². The molecular weight excluding hydrogens is 468 g/mol.